The Morgan fingerprint density at radius 3 is 2.80 bits per heavy atom. The molecule has 1 N–H and O–H groups in total. The van der Waals surface area contributed by atoms with Crippen LogP contribution in [0.2, 0.25) is 0 Å². The van der Waals surface area contributed by atoms with Gasteiger partial charge in [-0.25, -0.2) is 0 Å². The summed E-state index contributed by atoms with van der Waals surface area (Å²) in [4.78, 5) is 2.09. The largest absolute Gasteiger partial charge is 0.412 e. The van der Waals surface area contributed by atoms with Gasteiger partial charge < -0.3 is 10.1 Å². The van der Waals surface area contributed by atoms with E-state index in [0.29, 0.717) is 38.3 Å². The third kappa shape index (κ3) is 4.20. The SMILES string of the molecule is CCCNC1COCC1CN1CC=C(C(F)(F)F)CC1. The van der Waals surface area contributed by atoms with Crippen LogP contribution in [0.25, 0.3) is 0 Å². The number of halogens is 3. The highest BCUT2D eigenvalue weighted by Gasteiger charge is 2.36. The van der Waals surface area contributed by atoms with Gasteiger partial charge in [-0.1, -0.05) is 13.0 Å². The van der Waals surface area contributed by atoms with Crippen molar-refractivity contribution in [3.8, 4) is 0 Å². The van der Waals surface area contributed by atoms with E-state index in [4.69, 9.17) is 4.74 Å². The topological polar surface area (TPSA) is 24.5 Å². The summed E-state index contributed by atoms with van der Waals surface area (Å²) in [5.74, 6) is 0.377. The molecule has 3 nitrogen and oxygen atoms in total. The number of hydrogen-bond acceptors (Lipinski definition) is 3. The van der Waals surface area contributed by atoms with Crippen LogP contribution in [-0.4, -0.2) is 56.5 Å². The summed E-state index contributed by atoms with van der Waals surface area (Å²) in [5, 5.41) is 3.46. The summed E-state index contributed by atoms with van der Waals surface area (Å²) in [6, 6.07) is 0.336. The van der Waals surface area contributed by atoms with Gasteiger partial charge in [0.05, 0.1) is 13.2 Å². The van der Waals surface area contributed by atoms with Gasteiger partial charge in [-0.2, -0.15) is 13.2 Å². The van der Waals surface area contributed by atoms with E-state index in [9.17, 15) is 13.2 Å². The summed E-state index contributed by atoms with van der Waals surface area (Å²) in [7, 11) is 0. The van der Waals surface area contributed by atoms with Crippen LogP contribution >= 0.6 is 0 Å². The summed E-state index contributed by atoms with van der Waals surface area (Å²) in [5.41, 5.74) is -0.378. The standard InChI is InChI=1S/C14H23F3N2O/c1-2-5-18-13-10-20-9-11(13)8-19-6-3-12(4-7-19)14(15,16)17/h3,11,13,18H,2,4-10H2,1H3. The second-order valence-corrected chi connectivity index (χ2v) is 5.59. The van der Waals surface area contributed by atoms with E-state index in [1.807, 2.05) is 0 Å². The average Bonchev–Trinajstić information content (AvgIpc) is 2.83. The molecule has 2 aliphatic rings. The molecule has 2 heterocycles. The van der Waals surface area contributed by atoms with Crippen LogP contribution in [0.1, 0.15) is 19.8 Å². The predicted octanol–water partition coefficient (Wildman–Crippen LogP) is 2.20. The highest BCUT2D eigenvalue weighted by Crippen LogP contribution is 2.30. The van der Waals surface area contributed by atoms with Crippen molar-refractivity contribution in [1.82, 2.24) is 10.2 Å². The number of nitrogens with one attached hydrogen (secondary N) is 1. The highest BCUT2D eigenvalue weighted by molar-refractivity contribution is 5.13. The van der Waals surface area contributed by atoms with Crippen molar-refractivity contribution >= 4 is 0 Å². The molecular weight excluding hydrogens is 269 g/mol. The molecule has 2 rings (SSSR count). The van der Waals surface area contributed by atoms with Gasteiger partial charge in [0.15, 0.2) is 0 Å². The lowest BCUT2D eigenvalue weighted by Crippen LogP contribution is -2.43. The van der Waals surface area contributed by atoms with E-state index in [1.165, 1.54) is 6.08 Å². The van der Waals surface area contributed by atoms with Gasteiger partial charge in [0, 0.05) is 37.2 Å². The molecule has 0 bridgehead atoms. The van der Waals surface area contributed by atoms with Gasteiger partial charge in [-0.3, -0.25) is 4.90 Å². The first-order chi connectivity index (χ1) is 9.50. The number of hydrogen-bond donors (Lipinski definition) is 1. The molecule has 0 aliphatic carbocycles. The predicted molar refractivity (Wildman–Crippen MR) is 71.6 cm³/mol. The zero-order valence-electron chi connectivity index (χ0n) is 11.9. The molecule has 2 unspecified atom stereocenters. The van der Waals surface area contributed by atoms with Crippen molar-refractivity contribution in [2.24, 2.45) is 5.92 Å². The molecule has 0 saturated carbocycles. The Morgan fingerprint density at radius 2 is 2.20 bits per heavy atom. The lowest BCUT2D eigenvalue weighted by atomic mass is 10.0. The van der Waals surface area contributed by atoms with Crippen molar-refractivity contribution in [1.29, 1.82) is 0 Å². The number of rotatable bonds is 5. The summed E-state index contributed by atoms with van der Waals surface area (Å²) >= 11 is 0. The molecule has 2 aliphatic heterocycles. The van der Waals surface area contributed by atoms with Crippen LogP contribution in [0.5, 0.6) is 0 Å². The fraction of sp³-hybridized carbons (Fsp3) is 0.857. The lowest BCUT2D eigenvalue weighted by molar-refractivity contribution is -0.0961. The third-order valence-electron chi connectivity index (χ3n) is 4.00. The molecule has 6 heteroatoms. The van der Waals surface area contributed by atoms with E-state index in [-0.39, 0.29) is 12.0 Å². The van der Waals surface area contributed by atoms with E-state index in [1.54, 1.807) is 0 Å². The van der Waals surface area contributed by atoms with E-state index >= 15 is 0 Å². The Balaban J connectivity index is 1.81. The Morgan fingerprint density at radius 1 is 1.40 bits per heavy atom. The number of alkyl halides is 3. The Labute approximate surface area is 118 Å². The Kier molecular flexibility index (Phi) is 5.46. The van der Waals surface area contributed by atoms with Crippen LogP contribution in [0.3, 0.4) is 0 Å². The highest BCUT2D eigenvalue weighted by atomic mass is 19.4. The van der Waals surface area contributed by atoms with Crippen molar-refractivity contribution in [2.75, 3.05) is 39.4 Å². The van der Waals surface area contributed by atoms with Crippen LogP contribution in [-0.2, 0) is 4.74 Å². The van der Waals surface area contributed by atoms with Crippen molar-refractivity contribution < 1.29 is 17.9 Å². The van der Waals surface area contributed by atoms with Crippen molar-refractivity contribution in [2.45, 2.75) is 32.0 Å². The lowest BCUT2D eigenvalue weighted by Gasteiger charge is -2.30. The molecule has 0 amide bonds. The first-order valence-electron chi connectivity index (χ1n) is 7.30. The van der Waals surface area contributed by atoms with Gasteiger partial charge >= 0.3 is 6.18 Å². The minimum absolute atomic E-state index is 0.101. The quantitative estimate of drug-likeness (QED) is 0.786. The maximum absolute atomic E-state index is 12.6. The molecule has 0 radical (unpaired) electrons. The zero-order valence-corrected chi connectivity index (χ0v) is 11.9. The van der Waals surface area contributed by atoms with Crippen LogP contribution in [0.4, 0.5) is 13.2 Å². The molecule has 0 spiro atoms. The first kappa shape index (κ1) is 15.8. The summed E-state index contributed by atoms with van der Waals surface area (Å²) in [6.45, 7) is 6.18. The molecular formula is C14H23F3N2O. The molecule has 0 aromatic carbocycles. The summed E-state index contributed by atoms with van der Waals surface area (Å²) < 4.78 is 43.2. The van der Waals surface area contributed by atoms with E-state index < -0.39 is 6.18 Å². The minimum Gasteiger partial charge on any atom is -0.379 e. The third-order valence-corrected chi connectivity index (χ3v) is 4.00. The summed E-state index contributed by atoms with van der Waals surface area (Å²) in [6.07, 6.45) is -1.66. The smallest absolute Gasteiger partial charge is 0.379 e. The fourth-order valence-corrected chi connectivity index (χ4v) is 2.80. The van der Waals surface area contributed by atoms with Crippen LogP contribution in [0, 0.1) is 5.92 Å². The van der Waals surface area contributed by atoms with Crippen LogP contribution in [0.15, 0.2) is 11.6 Å². The normalized spacial score (nSPS) is 28.7. The van der Waals surface area contributed by atoms with Gasteiger partial charge in [-0.15, -0.1) is 0 Å². The zero-order chi connectivity index (χ0) is 14.6. The molecule has 116 valence electrons. The van der Waals surface area contributed by atoms with Gasteiger partial charge in [0.2, 0.25) is 0 Å². The first-order valence-corrected chi connectivity index (χ1v) is 7.30. The fourth-order valence-electron chi connectivity index (χ4n) is 2.80. The maximum atomic E-state index is 12.6. The molecule has 0 aromatic rings. The number of nitrogens with zero attached hydrogens (tertiary/aromatic N) is 1. The maximum Gasteiger partial charge on any atom is 0.412 e. The Hall–Kier alpha value is -0.590. The average molecular weight is 292 g/mol. The molecule has 1 saturated heterocycles. The van der Waals surface area contributed by atoms with Gasteiger partial charge in [0.25, 0.3) is 0 Å². The Bertz CT molecular complexity index is 344. The van der Waals surface area contributed by atoms with Gasteiger partial charge in [-0.05, 0) is 19.4 Å². The van der Waals surface area contributed by atoms with Crippen molar-refractivity contribution in [3.05, 3.63) is 11.6 Å². The molecule has 0 aromatic heterocycles. The second kappa shape index (κ2) is 6.91. The number of ether oxygens (including phenoxy) is 1. The minimum atomic E-state index is -4.16. The monoisotopic (exact) mass is 292 g/mol. The second-order valence-electron chi connectivity index (χ2n) is 5.59. The molecule has 20 heavy (non-hydrogen) atoms. The molecule has 2 atom stereocenters. The van der Waals surface area contributed by atoms with Crippen molar-refractivity contribution in [3.63, 3.8) is 0 Å². The molecule has 1 fully saturated rings. The van der Waals surface area contributed by atoms with E-state index in [0.717, 1.165) is 19.5 Å². The van der Waals surface area contributed by atoms with Gasteiger partial charge in [0.1, 0.15) is 0 Å². The van der Waals surface area contributed by atoms with Crippen LogP contribution < -0.4 is 5.32 Å². The van der Waals surface area contributed by atoms with E-state index in [2.05, 4.69) is 17.1 Å².